The third-order valence-electron chi connectivity index (χ3n) is 3.81. The SMILES string of the molecule is Cc1cc([N+](=O)[O-])ccc1S(=O)(=O)N(C)C1CCCNC1. The minimum Gasteiger partial charge on any atom is -0.315 e. The van der Waals surface area contributed by atoms with Gasteiger partial charge in [-0.2, -0.15) is 4.31 Å². The van der Waals surface area contributed by atoms with E-state index in [1.54, 1.807) is 14.0 Å². The Morgan fingerprint density at radius 1 is 1.43 bits per heavy atom. The van der Waals surface area contributed by atoms with Crippen molar-refractivity contribution in [2.45, 2.75) is 30.7 Å². The highest BCUT2D eigenvalue weighted by atomic mass is 32.2. The largest absolute Gasteiger partial charge is 0.315 e. The smallest absolute Gasteiger partial charge is 0.269 e. The second kappa shape index (κ2) is 6.08. The highest BCUT2D eigenvalue weighted by molar-refractivity contribution is 7.89. The fourth-order valence-corrected chi connectivity index (χ4v) is 4.12. The Morgan fingerprint density at radius 3 is 2.67 bits per heavy atom. The Morgan fingerprint density at radius 2 is 2.14 bits per heavy atom. The molecule has 1 N–H and O–H groups in total. The maximum Gasteiger partial charge on any atom is 0.269 e. The first-order chi connectivity index (χ1) is 9.84. The van der Waals surface area contributed by atoms with Crippen molar-refractivity contribution in [3.8, 4) is 0 Å². The number of hydrogen-bond acceptors (Lipinski definition) is 5. The van der Waals surface area contributed by atoms with Gasteiger partial charge in [-0.25, -0.2) is 8.42 Å². The molecule has 1 aromatic rings. The molecule has 116 valence electrons. The lowest BCUT2D eigenvalue weighted by Gasteiger charge is -2.31. The van der Waals surface area contributed by atoms with E-state index in [0.29, 0.717) is 12.1 Å². The molecule has 8 heteroatoms. The minimum atomic E-state index is -3.64. The first-order valence-electron chi connectivity index (χ1n) is 6.78. The van der Waals surface area contributed by atoms with E-state index in [1.807, 2.05) is 0 Å². The zero-order valence-electron chi connectivity index (χ0n) is 12.1. The van der Waals surface area contributed by atoms with Crippen molar-refractivity contribution < 1.29 is 13.3 Å². The van der Waals surface area contributed by atoms with Gasteiger partial charge in [0, 0.05) is 31.8 Å². The number of nitrogens with one attached hydrogen (secondary N) is 1. The fraction of sp³-hybridized carbons (Fsp3) is 0.538. The van der Waals surface area contributed by atoms with E-state index in [2.05, 4.69) is 5.32 Å². The molecule has 0 saturated carbocycles. The van der Waals surface area contributed by atoms with E-state index in [9.17, 15) is 18.5 Å². The van der Waals surface area contributed by atoms with Gasteiger partial charge in [0.2, 0.25) is 10.0 Å². The lowest BCUT2D eigenvalue weighted by Crippen LogP contribution is -2.46. The summed E-state index contributed by atoms with van der Waals surface area (Å²) in [5, 5.41) is 13.9. The van der Waals surface area contributed by atoms with Gasteiger partial charge in [-0.3, -0.25) is 10.1 Å². The van der Waals surface area contributed by atoms with Gasteiger partial charge in [0.05, 0.1) is 9.82 Å². The van der Waals surface area contributed by atoms with Crippen LogP contribution in [0.5, 0.6) is 0 Å². The number of hydrogen-bond donors (Lipinski definition) is 1. The van der Waals surface area contributed by atoms with Crippen molar-refractivity contribution in [3.63, 3.8) is 0 Å². The Labute approximate surface area is 124 Å². The average Bonchev–Trinajstić information content (AvgIpc) is 2.46. The Bertz CT molecular complexity index is 639. The van der Waals surface area contributed by atoms with Crippen molar-refractivity contribution >= 4 is 15.7 Å². The molecular formula is C13H19N3O4S. The fourth-order valence-electron chi connectivity index (χ4n) is 2.53. The van der Waals surface area contributed by atoms with Crippen LogP contribution in [0, 0.1) is 17.0 Å². The molecule has 0 amide bonds. The van der Waals surface area contributed by atoms with Crippen LogP contribution in [0.4, 0.5) is 5.69 Å². The number of nitro groups is 1. The third kappa shape index (κ3) is 3.22. The van der Waals surface area contributed by atoms with E-state index in [1.165, 1.54) is 22.5 Å². The second-order valence-electron chi connectivity index (χ2n) is 5.23. The number of nitro benzene ring substituents is 1. The predicted octanol–water partition coefficient (Wildman–Crippen LogP) is 1.28. The summed E-state index contributed by atoms with van der Waals surface area (Å²) < 4.78 is 26.7. The average molecular weight is 313 g/mol. The summed E-state index contributed by atoms with van der Waals surface area (Å²) in [6, 6.07) is 3.75. The summed E-state index contributed by atoms with van der Waals surface area (Å²) in [6.07, 6.45) is 1.75. The summed E-state index contributed by atoms with van der Waals surface area (Å²) >= 11 is 0. The van der Waals surface area contributed by atoms with E-state index in [0.717, 1.165) is 19.4 Å². The first-order valence-corrected chi connectivity index (χ1v) is 8.22. The number of nitrogens with zero attached hydrogens (tertiary/aromatic N) is 2. The van der Waals surface area contributed by atoms with Crippen LogP contribution < -0.4 is 5.32 Å². The van der Waals surface area contributed by atoms with E-state index in [-0.39, 0.29) is 16.6 Å². The maximum atomic E-state index is 12.7. The van der Waals surface area contributed by atoms with Crippen LogP contribution in [0.25, 0.3) is 0 Å². The van der Waals surface area contributed by atoms with Gasteiger partial charge >= 0.3 is 0 Å². The van der Waals surface area contributed by atoms with Gasteiger partial charge in [0.15, 0.2) is 0 Å². The van der Waals surface area contributed by atoms with Gasteiger partial charge in [-0.1, -0.05) is 0 Å². The van der Waals surface area contributed by atoms with Crippen molar-refractivity contribution in [1.29, 1.82) is 0 Å². The molecule has 1 aliphatic rings. The Kier molecular flexibility index (Phi) is 4.60. The highest BCUT2D eigenvalue weighted by Crippen LogP contribution is 2.25. The number of sulfonamides is 1. The molecule has 1 atom stereocenters. The number of benzene rings is 1. The van der Waals surface area contributed by atoms with Crippen LogP contribution in [0.1, 0.15) is 18.4 Å². The van der Waals surface area contributed by atoms with Gasteiger partial charge < -0.3 is 5.32 Å². The van der Waals surface area contributed by atoms with E-state index in [4.69, 9.17) is 0 Å². The molecule has 1 saturated heterocycles. The second-order valence-corrected chi connectivity index (χ2v) is 7.19. The normalized spacial score (nSPS) is 19.7. The van der Waals surface area contributed by atoms with Crippen molar-refractivity contribution in [2.24, 2.45) is 0 Å². The van der Waals surface area contributed by atoms with Crippen LogP contribution in [-0.2, 0) is 10.0 Å². The van der Waals surface area contributed by atoms with Crippen LogP contribution in [-0.4, -0.2) is 43.8 Å². The molecule has 1 heterocycles. The van der Waals surface area contributed by atoms with E-state index < -0.39 is 14.9 Å². The maximum absolute atomic E-state index is 12.7. The summed E-state index contributed by atoms with van der Waals surface area (Å²) in [6.45, 7) is 3.11. The standard InChI is InChI=1S/C13H19N3O4S/c1-10-8-11(16(17)18)5-6-13(10)21(19,20)15(2)12-4-3-7-14-9-12/h5-6,8,12,14H,3-4,7,9H2,1-2H3. The number of non-ortho nitro benzene ring substituents is 1. The molecule has 1 aromatic carbocycles. The zero-order valence-corrected chi connectivity index (χ0v) is 12.9. The first kappa shape index (κ1) is 15.9. The molecule has 0 aliphatic carbocycles. The minimum absolute atomic E-state index is 0.0849. The lowest BCUT2D eigenvalue weighted by molar-refractivity contribution is -0.385. The Hall–Kier alpha value is -1.51. The summed E-state index contributed by atoms with van der Waals surface area (Å²) in [7, 11) is -2.08. The van der Waals surface area contributed by atoms with Crippen molar-refractivity contribution in [2.75, 3.05) is 20.1 Å². The molecule has 2 rings (SSSR count). The monoisotopic (exact) mass is 313 g/mol. The van der Waals surface area contributed by atoms with Gasteiger partial charge in [-0.15, -0.1) is 0 Å². The molecule has 0 radical (unpaired) electrons. The zero-order chi connectivity index (χ0) is 15.6. The van der Waals surface area contributed by atoms with Crippen LogP contribution >= 0.6 is 0 Å². The molecule has 1 fully saturated rings. The molecule has 0 spiro atoms. The van der Waals surface area contributed by atoms with Gasteiger partial charge in [-0.05, 0) is 37.9 Å². The molecule has 1 aliphatic heterocycles. The predicted molar refractivity (Wildman–Crippen MR) is 78.7 cm³/mol. The van der Waals surface area contributed by atoms with Gasteiger partial charge in [0.1, 0.15) is 0 Å². The Balaban J connectivity index is 2.32. The number of piperidine rings is 1. The van der Waals surface area contributed by atoms with Crippen LogP contribution in [0.2, 0.25) is 0 Å². The van der Waals surface area contributed by atoms with Crippen LogP contribution in [0.3, 0.4) is 0 Å². The molecule has 1 unspecified atom stereocenters. The summed E-state index contributed by atoms with van der Waals surface area (Å²) in [4.78, 5) is 10.3. The lowest BCUT2D eigenvalue weighted by atomic mass is 10.1. The third-order valence-corrected chi connectivity index (χ3v) is 5.88. The number of aryl methyl sites for hydroxylation is 1. The molecule has 0 aromatic heterocycles. The molecular weight excluding hydrogens is 294 g/mol. The van der Waals surface area contributed by atoms with Gasteiger partial charge in [0.25, 0.3) is 5.69 Å². The van der Waals surface area contributed by atoms with Crippen LogP contribution in [0.15, 0.2) is 23.1 Å². The molecule has 21 heavy (non-hydrogen) atoms. The molecule has 0 bridgehead atoms. The number of rotatable bonds is 4. The quantitative estimate of drug-likeness (QED) is 0.667. The van der Waals surface area contributed by atoms with E-state index >= 15 is 0 Å². The highest BCUT2D eigenvalue weighted by Gasteiger charge is 2.30. The van der Waals surface area contributed by atoms with Crippen molar-refractivity contribution in [3.05, 3.63) is 33.9 Å². The number of likely N-dealkylation sites (N-methyl/N-ethyl adjacent to an activating group) is 1. The summed E-state index contributed by atoms with van der Waals surface area (Å²) in [5.41, 5.74) is 0.285. The topological polar surface area (TPSA) is 92.5 Å². The summed E-state index contributed by atoms with van der Waals surface area (Å²) in [5.74, 6) is 0. The van der Waals surface area contributed by atoms with Crippen molar-refractivity contribution in [1.82, 2.24) is 9.62 Å². The molecule has 7 nitrogen and oxygen atoms in total.